The highest BCUT2D eigenvalue weighted by molar-refractivity contribution is 5.89. The molecule has 5 nitrogen and oxygen atoms in total. The fraction of sp³-hybridized carbons (Fsp3) is 0.429. The SMILES string of the molecule is CCc1[nH]c2c(CNC(=O)C3(Cn4cccn4)CC3)cc(C)cc2c1C. The van der Waals surface area contributed by atoms with Gasteiger partial charge < -0.3 is 10.3 Å². The largest absolute Gasteiger partial charge is 0.358 e. The maximum absolute atomic E-state index is 12.8. The molecule has 0 spiro atoms. The summed E-state index contributed by atoms with van der Waals surface area (Å²) >= 11 is 0. The van der Waals surface area contributed by atoms with Gasteiger partial charge in [-0.3, -0.25) is 9.48 Å². The molecule has 136 valence electrons. The maximum Gasteiger partial charge on any atom is 0.228 e. The van der Waals surface area contributed by atoms with E-state index in [2.05, 4.69) is 48.3 Å². The summed E-state index contributed by atoms with van der Waals surface area (Å²) in [5, 5.41) is 8.70. The topological polar surface area (TPSA) is 62.7 Å². The van der Waals surface area contributed by atoms with Crippen LogP contribution < -0.4 is 5.32 Å². The Morgan fingerprint density at radius 3 is 2.81 bits per heavy atom. The molecule has 0 radical (unpaired) electrons. The summed E-state index contributed by atoms with van der Waals surface area (Å²) in [7, 11) is 0. The number of carbonyl (C=O) groups is 1. The van der Waals surface area contributed by atoms with E-state index in [1.54, 1.807) is 6.20 Å². The first-order chi connectivity index (χ1) is 12.5. The quantitative estimate of drug-likeness (QED) is 0.713. The predicted octanol–water partition coefficient (Wildman–Crippen LogP) is 3.64. The minimum atomic E-state index is -0.283. The highest BCUT2D eigenvalue weighted by atomic mass is 16.2. The van der Waals surface area contributed by atoms with Crippen molar-refractivity contribution in [3.63, 3.8) is 0 Å². The third-order valence-electron chi connectivity index (χ3n) is 5.65. The summed E-state index contributed by atoms with van der Waals surface area (Å²) in [5.74, 6) is 0.140. The lowest BCUT2D eigenvalue weighted by Crippen LogP contribution is -2.34. The molecule has 2 heterocycles. The van der Waals surface area contributed by atoms with Gasteiger partial charge in [0.05, 0.1) is 17.5 Å². The average Bonchev–Trinajstić information content (AvgIpc) is 3.08. The molecule has 4 rings (SSSR count). The van der Waals surface area contributed by atoms with E-state index in [1.165, 1.54) is 22.2 Å². The van der Waals surface area contributed by atoms with Crippen molar-refractivity contribution < 1.29 is 4.79 Å². The van der Waals surface area contributed by atoms with Crippen LogP contribution >= 0.6 is 0 Å². The molecule has 1 saturated carbocycles. The van der Waals surface area contributed by atoms with Gasteiger partial charge in [-0.15, -0.1) is 0 Å². The molecule has 3 aromatic rings. The average molecular weight is 350 g/mol. The van der Waals surface area contributed by atoms with Crippen molar-refractivity contribution in [2.75, 3.05) is 0 Å². The first-order valence-corrected chi connectivity index (χ1v) is 9.39. The second-order valence-electron chi connectivity index (χ2n) is 7.60. The molecular formula is C21H26N4O. The summed E-state index contributed by atoms with van der Waals surface area (Å²) in [5.41, 5.74) is 5.85. The molecular weight excluding hydrogens is 324 g/mol. The molecule has 1 fully saturated rings. The van der Waals surface area contributed by atoms with Crippen LogP contribution in [0.25, 0.3) is 10.9 Å². The Kier molecular flexibility index (Phi) is 4.10. The molecule has 1 aliphatic rings. The Bertz CT molecular complexity index is 948. The highest BCUT2D eigenvalue weighted by Gasteiger charge is 2.50. The monoisotopic (exact) mass is 350 g/mol. The van der Waals surface area contributed by atoms with E-state index in [0.29, 0.717) is 13.1 Å². The molecule has 1 aromatic carbocycles. The zero-order chi connectivity index (χ0) is 18.3. The van der Waals surface area contributed by atoms with E-state index in [4.69, 9.17) is 0 Å². The first-order valence-electron chi connectivity index (χ1n) is 9.39. The molecule has 0 bridgehead atoms. The van der Waals surface area contributed by atoms with E-state index < -0.39 is 0 Å². The number of nitrogens with zero attached hydrogens (tertiary/aromatic N) is 2. The molecule has 26 heavy (non-hydrogen) atoms. The van der Waals surface area contributed by atoms with Crippen LogP contribution in [0.2, 0.25) is 0 Å². The van der Waals surface area contributed by atoms with Crippen LogP contribution in [0.5, 0.6) is 0 Å². The first kappa shape index (κ1) is 16.9. The molecule has 1 amide bonds. The Hall–Kier alpha value is -2.56. The van der Waals surface area contributed by atoms with Crippen molar-refractivity contribution in [3.8, 4) is 0 Å². The summed E-state index contributed by atoms with van der Waals surface area (Å²) in [6, 6.07) is 6.30. The van der Waals surface area contributed by atoms with Crippen molar-refractivity contribution in [2.24, 2.45) is 5.41 Å². The summed E-state index contributed by atoms with van der Waals surface area (Å²) in [4.78, 5) is 16.4. The third kappa shape index (κ3) is 2.91. The van der Waals surface area contributed by atoms with Gasteiger partial charge in [0.25, 0.3) is 0 Å². The van der Waals surface area contributed by atoms with Crippen molar-refractivity contribution >= 4 is 16.8 Å². The number of amides is 1. The van der Waals surface area contributed by atoms with Gasteiger partial charge in [-0.2, -0.15) is 5.10 Å². The van der Waals surface area contributed by atoms with Gasteiger partial charge in [0.15, 0.2) is 0 Å². The van der Waals surface area contributed by atoms with Gasteiger partial charge in [0, 0.05) is 30.0 Å². The standard InChI is InChI=1S/C21H26N4O/c1-4-18-15(3)17-11-14(2)10-16(19(17)24-18)12-22-20(26)21(6-7-21)13-25-9-5-8-23-25/h5,8-11,24H,4,6-7,12-13H2,1-3H3,(H,22,26). The smallest absolute Gasteiger partial charge is 0.228 e. The van der Waals surface area contributed by atoms with E-state index in [9.17, 15) is 4.79 Å². The number of hydrogen-bond donors (Lipinski definition) is 2. The fourth-order valence-electron chi connectivity index (χ4n) is 3.88. The van der Waals surface area contributed by atoms with Crippen LogP contribution in [0, 0.1) is 19.3 Å². The van der Waals surface area contributed by atoms with E-state index >= 15 is 0 Å². The lowest BCUT2D eigenvalue weighted by molar-refractivity contribution is -0.127. The number of fused-ring (bicyclic) bond motifs is 1. The van der Waals surface area contributed by atoms with Gasteiger partial charge >= 0.3 is 0 Å². The van der Waals surface area contributed by atoms with E-state index in [-0.39, 0.29) is 11.3 Å². The fourth-order valence-corrected chi connectivity index (χ4v) is 3.88. The number of nitrogens with one attached hydrogen (secondary N) is 2. The van der Waals surface area contributed by atoms with Crippen LogP contribution in [-0.4, -0.2) is 20.7 Å². The van der Waals surface area contributed by atoms with Crippen molar-refractivity contribution in [1.82, 2.24) is 20.1 Å². The van der Waals surface area contributed by atoms with Crippen LogP contribution in [0.3, 0.4) is 0 Å². The summed E-state index contributed by atoms with van der Waals surface area (Å²) in [6.45, 7) is 7.67. The highest BCUT2D eigenvalue weighted by Crippen LogP contribution is 2.47. The number of aryl methyl sites for hydroxylation is 3. The van der Waals surface area contributed by atoms with Crippen LogP contribution in [0.15, 0.2) is 30.6 Å². The minimum Gasteiger partial charge on any atom is -0.358 e. The van der Waals surface area contributed by atoms with E-state index in [0.717, 1.165) is 30.3 Å². The molecule has 0 saturated heterocycles. The summed E-state index contributed by atoms with van der Waals surface area (Å²) in [6.07, 6.45) is 6.53. The molecule has 1 aliphatic carbocycles. The van der Waals surface area contributed by atoms with Gasteiger partial charge in [-0.05, 0) is 56.4 Å². The Balaban J connectivity index is 1.53. The van der Waals surface area contributed by atoms with E-state index in [1.807, 2.05) is 16.9 Å². The molecule has 5 heteroatoms. The second kappa shape index (κ2) is 6.31. The molecule has 0 unspecified atom stereocenters. The second-order valence-corrected chi connectivity index (χ2v) is 7.60. The molecule has 2 N–H and O–H groups in total. The van der Waals surface area contributed by atoms with Crippen molar-refractivity contribution in [3.05, 3.63) is 53.0 Å². The van der Waals surface area contributed by atoms with Gasteiger partial charge in [0.2, 0.25) is 5.91 Å². The lowest BCUT2D eigenvalue weighted by Gasteiger charge is -2.16. The number of aromatic amines is 1. The maximum atomic E-state index is 12.8. The predicted molar refractivity (Wildman–Crippen MR) is 103 cm³/mol. The summed E-state index contributed by atoms with van der Waals surface area (Å²) < 4.78 is 1.86. The lowest BCUT2D eigenvalue weighted by atomic mass is 10.0. The van der Waals surface area contributed by atoms with Crippen LogP contribution in [-0.2, 0) is 24.3 Å². The number of carbonyl (C=O) groups excluding carboxylic acids is 1. The minimum absolute atomic E-state index is 0.140. The normalized spacial score (nSPS) is 15.3. The van der Waals surface area contributed by atoms with Crippen LogP contribution in [0.4, 0.5) is 0 Å². The zero-order valence-corrected chi connectivity index (χ0v) is 15.7. The Morgan fingerprint density at radius 1 is 1.35 bits per heavy atom. The molecule has 2 aromatic heterocycles. The van der Waals surface area contributed by atoms with Gasteiger partial charge in [-0.1, -0.05) is 18.6 Å². The third-order valence-corrected chi connectivity index (χ3v) is 5.65. The number of benzene rings is 1. The Morgan fingerprint density at radius 2 is 2.15 bits per heavy atom. The van der Waals surface area contributed by atoms with Gasteiger partial charge in [-0.25, -0.2) is 0 Å². The number of rotatable bonds is 6. The molecule has 0 atom stereocenters. The number of H-pyrrole nitrogens is 1. The number of aromatic nitrogens is 3. The van der Waals surface area contributed by atoms with Crippen LogP contribution in [0.1, 0.15) is 42.1 Å². The van der Waals surface area contributed by atoms with Gasteiger partial charge in [0.1, 0.15) is 0 Å². The zero-order valence-electron chi connectivity index (χ0n) is 15.7. The Labute approximate surface area is 153 Å². The van der Waals surface area contributed by atoms with Crippen molar-refractivity contribution in [2.45, 2.75) is 53.1 Å². The van der Waals surface area contributed by atoms with Crippen molar-refractivity contribution in [1.29, 1.82) is 0 Å². The molecule has 0 aliphatic heterocycles. The number of hydrogen-bond acceptors (Lipinski definition) is 2.